The quantitative estimate of drug-likeness (QED) is 0.473. The average molecular weight is 506 g/mol. The Kier molecular flexibility index (Phi) is 6.61. The number of aromatic nitrogens is 2. The number of hydrogen-bond donors (Lipinski definition) is 2. The molecule has 1 fully saturated rings. The lowest BCUT2D eigenvalue weighted by Gasteiger charge is -2.42. The van der Waals surface area contributed by atoms with Crippen LogP contribution in [0.5, 0.6) is 5.75 Å². The minimum absolute atomic E-state index is 0.00259. The van der Waals surface area contributed by atoms with Gasteiger partial charge in [0.25, 0.3) is 0 Å². The van der Waals surface area contributed by atoms with Gasteiger partial charge in [-0.05, 0) is 47.9 Å². The molecule has 3 aromatic rings. The maximum atomic E-state index is 14.0. The van der Waals surface area contributed by atoms with Crippen molar-refractivity contribution in [1.82, 2.24) is 25.1 Å². The maximum absolute atomic E-state index is 14.0. The third-order valence-electron chi connectivity index (χ3n) is 7.05. The molecular weight excluding hydrogens is 477 g/mol. The first-order valence-corrected chi connectivity index (χ1v) is 12.0. The number of methoxy groups -OCH3 is 1. The predicted octanol–water partition coefficient (Wildman–Crippen LogP) is 2.03. The predicted molar refractivity (Wildman–Crippen MR) is 136 cm³/mol. The Bertz CT molecular complexity index is 1430. The molecule has 0 saturated heterocycles. The highest BCUT2D eigenvalue weighted by atomic mass is 19.1. The fourth-order valence-electron chi connectivity index (χ4n) is 4.94. The van der Waals surface area contributed by atoms with Crippen molar-refractivity contribution in [1.29, 1.82) is 0 Å². The Hall–Kier alpha value is -3.89. The smallest absolute Gasteiger partial charge is 0.236 e. The number of rotatable bonds is 7. The second kappa shape index (κ2) is 9.87. The summed E-state index contributed by atoms with van der Waals surface area (Å²) < 4.78 is 19.5. The molecule has 192 valence electrons. The van der Waals surface area contributed by atoms with E-state index >= 15 is 0 Å². The van der Waals surface area contributed by atoms with Gasteiger partial charge in [0, 0.05) is 50.0 Å². The molecule has 2 unspecified atom stereocenters. The van der Waals surface area contributed by atoms with E-state index in [0.29, 0.717) is 36.5 Å². The molecule has 3 heterocycles. The lowest BCUT2D eigenvalue weighted by molar-refractivity contribution is -0.151. The number of benzene rings is 1. The van der Waals surface area contributed by atoms with Gasteiger partial charge in [0.15, 0.2) is 0 Å². The molecule has 5 rings (SSSR count). The zero-order valence-electron chi connectivity index (χ0n) is 20.9. The number of pyridine rings is 1. The number of ether oxygens (including phenoxy) is 1. The van der Waals surface area contributed by atoms with Crippen molar-refractivity contribution in [3.05, 3.63) is 54.1 Å². The van der Waals surface area contributed by atoms with Crippen molar-refractivity contribution >= 4 is 34.1 Å². The van der Waals surface area contributed by atoms with Crippen LogP contribution in [0.15, 0.2) is 42.6 Å². The Morgan fingerprint density at radius 1 is 1.22 bits per heavy atom. The number of carbonyl (C=O) groups is 3. The van der Waals surface area contributed by atoms with Crippen LogP contribution < -0.4 is 10.1 Å². The zero-order valence-corrected chi connectivity index (χ0v) is 20.9. The molecule has 37 heavy (non-hydrogen) atoms. The lowest BCUT2D eigenvalue weighted by Crippen LogP contribution is -2.71. The normalized spacial score (nSPS) is 20.1. The minimum Gasteiger partial charge on any atom is -0.496 e. The minimum atomic E-state index is -0.674. The highest BCUT2D eigenvalue weighted by Crippen LogP contribution is 2.37. The Labute approximate surface area is 213 Å². The van der Waals surface area contributed by atoms with Gasteiger partial charge in [-0.25, -0.2) is 9.37 Å². The number of carbonyl (C=O) groups excluding carboxylic acids is 3. The number of halogens is 1. The van der Waals surface area contributed by atoms with Crippen LogP contribution in [-0.2, 0) is 14.4 Å². The SMILES string of the molecule is COc1ccc(F)cc1-c1ccnc2[nH]c(C3=CCN(C4C(=O)C(=O)C4NCC(=O)N(C)C)CC3)cc12. The van der Waals surface area contributed by atoms with E-state index in [-0.39, 0.29) is 18.3 Å². The summed E-state index contributed by atoms with van der Waals surface area (Å²) >= 11 is 0. The molecule has 2 N–H and O–H groups in total. The van der Waals surface area contributed by atoms with Crippen LogP contribution in [0.1, 0.15) is 12.1 Å². The van der Waals surface area contributed by atoms with Crippen molar-refractivity contribution in [2.75, 3.05) is 40.8 Å². The van der Waals surface area contributed by atoms with Crippen LogP contribution in [0.3, 0.4) is 0 Å². The number of nitrogens with zero attached hydrogens (tertiary/aromatic N) is 3. The maximum Gasteiger partial charge on any atom is 0.236 e. The van der Waals surface area contributed by atoms with Crippen LogP contribution in [-0.4, -0.2) is 90.2 Å². The number of aromatic amines is 1. The average Bonchev–Trinajstić information content (AvgIpc) is 3.35. The highest BCUT2D eigenvalue weighted by Gasteiger charge is 2.52. The van der Waals surface area contributed by atoms with Gasteiger partial charge in [0.2, 0.25) is 17.5 Å². The molecule has 1 amide bonds. The number of H-pyrrole nitrogens is 1. The molecule has 2 atom stereocenters. The Morgan fingerprint density at radius 3 is 2.73 bits per heavy atom. The second-order valence-electron chi connectivity index (χ2n) is 9.44. The Balaban J connectivity index is 1.36. The van der Waals surface area contributed by atoms with E-state index in [4.69, 9.17) is 4.74 Å². The van der Waals surface area contributed by atoms with E-state index in [9.17, 15) is 18.8 Å². The third-order valence-corrected chi connectivity index (χ3v) is 7.05. The van der Waals surface area contributed by atoms with Crippen molar-refractivity contribution in [3.63, 3.8) is 0 Å². The second-order valence-corrected chi connectivity index (χ2v) is 9.44. The molecule has 1 aliphatic heterocycles. The van der Waals surface area contributed by atoms with E-state index < -0.39 is 23.7 Å². The molecule has 2 aliphatic rings. The first kappa shape index (κ1) is 24.8. The summed E-state index contributed by atoms with van der Waals surface area (Å²) in [4.78, 5) is 47.7. The number of likely N-dealkylation sites (N-methyl/N-ethyl adjacent to an activating group) is 1. The summed E-state index contributed by atoms with van der Waals surface area (Å²) in [6.07, 6.45) is 4.37. The third kappa shape index (κ3) is 4.54. The monoisotopic (exact) mass is 505 g/mol. The summed E-state index contributed by atoms with van der Waals surface area (Å²) in [6.45, 7) is 1.08. The van der Waals surface area contributed by atoms with Gasteiger partial charge >= 0.3 is 0 Å². The topological polar surface area (TPSA) is 108 Å². The summed E-state index contributed by atoms with van der Waals surface area (Å²) in [5.41, 5.74) is 4.09. The number of Topliss-reactive ketones (excluding diaryl/α,β-unsaturated/α-hetero) is 2. The number of hydrogen-bond acceptors (Lipinski definition) is 7. The first-order chi connectivity index (χ1) is 17.8. The summed E-state index contributed by atoms with van der Waals surface area (Å²) in [5, 5.41) is 3.79. The van der Waals surface area contributed by atoms with Crippen LogP contribution in [0.25, 0.3) is 27.7 Å². The molecule has 1 aromatic carbocycles. The zero-order chi connectivity index (χ0) is 26.3. The molecule has 1 aliphatic carbocycles. The van der Waals surface area contributed by atoms with E-state index in [1.54, 1.807) is 33.5 Å². The highest BCUT2D eigenvalue weighted by molar-refractivity contribution is 6.49. The molecule has 9 nitrogen and oxygen atoms in total. The van der Waals surface area contributed by atoms with Gasteiger partial charge in [0.1, 0.15) is 23.3 Å². The van der Waals surface area contributed by atoms with Gasteiger partial charge in [-0.2, -0.15) is 0 Å². The van der Waals surface area contributed by atoms with E-state index in [1.807, 2.05) is 23.1 Å². The van der Waals surface area contributed by atoms with E-state index in [2.05, 4.69) is 15.3 Å². The summed E-state index contributed by atoms with van der Waals surface area (Å²) in [7, 11) is 4.84. The lowest BCUT2D eigenvalue weighted by atomic mass is 9.81. The van der Waals surface area contributed by atoms with Crippen molar-refractivity contribution < 1.29 is 23.5 Å². The molecular formula is C27H28FN5O4. The fourth-order valence-corrected chi connectivity index (χ4v) is 4.94. The van der Waals surface area contributed by atoms with Gasteiger partial charge in [-0.1, -0.05) is 6.08 Å². The van der Waals surface area contributed by atoms with Gasteiger partial charge < -0.3 is 14.6 Å². The Morgan fingerprint density at radius 2 is 2.03 bits per heavy atom. The summed E-state index contributed by atoms with van der Waals surface area (Å²) in [6, 6.07) is 7.01. The first-order valence-electron chi connectivity index (χ1n) is 12.0. The van der Waals surface area contributed by atoms with Crippen molar-refractivity contribution in [2.24, 2.45) is 0 Å². The molecule has 10 heteroatoms. The van der Waals surface area contributed by atoms with Gasteiger partial charge in [-0.3, -0.25) is 24.6 Å². The van der Waals surface area contributed by atoms with Gasteiger partial charge in [-0.15, -0.1) is 0 Å². The molecule has 0 radical (unpaired) electrons. The number of ketones is 2. The number of fused-ring (bicyclic) bond motifs is 1. The number of amides is 1. The fraction of sp³-hybridized carbons (Fsp3) is 0.333. The van der Waals surface area contributed by atoms with Gasteiger partial charge in [0.05, 0.1) is 19.7 Å². The number of nitrogens with one attached hydrogen (secondary N) is 2. The van der Waals surface area contributed by atoms with E-state index in [1.165, 1.54) is 17.0 Å². The van der Waals surface area contributed by atoms with Crippen molar-refractivity contribution in [2.45, 2.75) is 18.5 Å². The molecule has 0 bridgehead atoms. The van der Waals surface area contributed by atoms with Crippen LogP contribution in [0.2, 0.25) is 0 Å². The van der Waals surface area contributed by atoms with Crippen molar-refractivity contribution in [3.8, 4) is 16.9 Å². The van der Waals surface area contributed by atoms with Crippen LogP contribution in [0, 0.1) is 5.82 Å². The molecule has 2 aromatic heterocycles. The standard InChI is InChI=1S/C27H28FN5O4/c1-32(2)22(34)14-30-23-24(26(36)25(23)35)33-10-7-15(8-11-33)20-13-19-17(6-9-29-27(19)31-20)18-12-16(28)4-5-21(18)37-3/h4-7,9,12-13,23-24,30H,8,10-11,14H2,1-3H3,(H,29,31). The van der Waals surface area contributed by atoms with E-state index in [0.717, 1.165) is 22.2 Å². The molecule has 0 spiro atoms. The van der Waals surface area contributed by atoms with Crippen LogP contribution >= 0.6 is 0 Å². The molecule has 1 saturated carbocycles. The largest absolute Gasteiger partial charge is 0.496 e. The summed E-state index contributed by atoms with van der Waals surface area (Å²) in [5.74, 6) is -0.841. The van der Waals surface area contributed by atoms with Crippen LogP contribution in [0.4, 0.5) is 4.39 Å².